The summed E-state index contributed by atoms with van der Waals surface area (Å²) in [6.45, 7) is 0.392. The lowest BCUT2D eigenvalue weighted by Crippen LogP contribution is -2.42. The van der Waals surface area contributed by atoms with Crippen molar-refractivity contribution in [2.24, 2.45) is 14.1 Å². The zero-order valence-corrected chi connectivity index (χ0v) is 25.3. The molecule has 222 valence electrons. The molecule has 0 N–H and O–H groups in total. The van der Waals surface area contributed by atoms with E-state index in [4.69, 9.17) is 14.2 Å². The van der Waals surface area contributed by atoms with Crippen LogP contribution in [0.3, 0.4) is 0 Å². The number of piperidine rings is 1. The Hall–Kier alpha value is -4.72. The fraction of sp³-hybridized carbons (Fsp3) is 0.314. The number of carbonyl (C=O) groups excluding carboxylic acids is 2. The number of methoxy groups -OCH3 is 3. The van der Waals surface area contributed by atoms with Gasteiger partial charge < -0.3 is 23.3 Å². The van der Waals surface area contributed by atoms with E-state index >= 15 is 0 Å². The van der Waals surface area contributed by atoms with Crippen LogP contribution in [-0.2, 0) is 23.7 Å². The second-order valence-electron chi connectivity index (χ2n) is 11.3. The fourth-order valence-electron chi connectivity index (χ4n) is 6.71. The summed E-state index contributed by atoms with van der Waals surface area (Å²) >= 11 is 0. The molecular formula is C35H37N3O5. The Morgan fingerprint density at radius 3 is 2.09 bits per heavy atom. The maximum absolute atomic E-state index is 14.0. The topological polar surface area (TPSA) is 74.9 Å². The number of nitrogens with zero attached hydrogens (tertiary/aromatic N) is 3. The number of fused-ring (bicyclic) bond motifs is 2. The van der Waals surface area contributed by atoms with Crippen molar-refractivity contribution in [3.05, 3.63) is 89.7 Å². The van der Waals surface area contributed by atoms with E-state index in [0.717, 1.165) is 34.0 Å². The van der Waals surface area contributed by atoms with Crippen molar-refractivity contribution in [1.82, 2.24) is 14.0 Å². The molecule has 5 aromatic rings. The van der Waals surface area contributed by atoms with Gasteiger partial charge in [-0.05, 0) is 53.3 Å². The van der Waals surface area contributed by atoms with E-state index in [2.05, 4.69) is 45.8 Å². The first-order chi connectivity index (χ1) is 20.8. The zero-order chi connectivity index (χ0) is 30.2. The van der Waals surface area contributed by atoms with Crippen molar-refractivity contribution in [3.63, 3.8) is 0 Å². The van der Waals surface area contributed by atoms with Crippen LogP contribution in [0.2, 0.25) is 0 Å². The van der Waals surface area contributed by atoms with Crippen molar-refractivity contribution in [2.45, 2.75) is 31.1 Å². The quantitative estimate of drug-likeness (QED) is 0.220. The molecule has 1 fully saturated rings. The molecule has 0 spiro atoms. The van der Waals surface area contributed by atoms with Crippen molar-refractivity contribution in [2.75, 3.05) is 27.9 Å². The number of likely N-dealkylation sites (tertiary alicyclic amines) is 1. The summed E-state index contributed by atoms with van der Waals surface area (Å²) in [5.74, 6) is 0.928. The molecule has 0 aliphatic carbocycles. The fourth-order valence-corrected chi connectivity index (χ4v) is 6.71. The molecule has 6 rings (SSSR count). The molecule has 8 nitrogen and oxygen atoms in total. The third kappa shape index (κ3) is 5.01. The number of hydrogen-bond donors (Lipinski definition) is 0. The minimum Gasteiger partial charge on any atom is -0.493 e. The second kappa shape index (κ2) is 11.5. The molecule has 2 atom stereocenters. The summed E-state index contributed by atoms with van der Waals surface area (Å²) in [4.78, 5) is 29.0. The van der Waals surface area contributed by atoms with Gasteiger partial charge in [0.1, 0.15) is 0 Å². The number of para-hydroxylation sites is 2. The Bertz CT molecular complexity index is 1810. The minimum absolute atomic E-state index is 0.0756. The second-order valence-corrected chi connectivity index (χ2v) is 11.3. The van der Waals surface area contributed by atoms with Crippen LogP contribution in [0.5, 0.6) is 17.2 Å². The van der Waals surface area contributed by atoms with Crippen molar-refractivity contribution in [1.29, 1.82) is 0 Å². The zero-order valence-electron chi connectivity index (χ0n) is 25.3. The first-order valence-electron chi connectivity index (χ1n) is 14.6. The Labute approximate surface area is 251 Å². The average Bonchev–Trinajstić information content (AvgIpc) is 3.55. The van der Waals surface area contributed by atoms with Crippen molar-refractivity contribution < 1.29 is 23.8 Å². The maximum Gasteiger partial charge on any atom is 0.230 e. The molecule has 3 aromatic carbocycles. The van der Waals surface area contributed by atoms with Gasteiger partial charge in [-0.3, -0.25) is 14.5 Å². The van der Waals surface area contributed by atoms with Gasteiger partial charge in [-0.1, -0.05) is 36.4 Å². The number of ether oxygens (including phenoxy) is 3. The van der Waals surface area contributed by atoms with Crippen LogP contribution < -0.4 is 14.2 Å². The van der Waals surface area contributed by atoms with Crippen LogP contribution in [0.1, 0.15) is 47.8 Å². The highest BCUT2D eigenvalue weighted by molar-refractivity contribution is 5.97. The molecule has 0 radical (unpaired) electrons. The number of aromatic nitrogens is 2. The molecule has 0 saturated carbocycles. The Morgan fingerprint density at radius 2 is 1.47 bits per heavy atom. The van der Waals surface area contributed by atoms with Crippen LogP contribution in [0.4, 0.5) is 0 Å². The summed E-state index contributed by atoms with van der Waals surface area (Å²) in [6, 6.07) is 20.2. The number of carbonyl (C=O) groups is 2. The smallest absolute Gasteiger partial charge is 0.230 e. The third-order valence-corrected chi connectivity index (χ3v) is 8.86. The van der Waals surface area contributed by atoms with E-state index in [-0.39, 0.29) is 30.1 Å². The first-order valence-corrected chi connectivity index (χ1v) is 14.6. The number of benzene rings is 3. The van der Waals surface area contributed by atoms with E-state index in [1.807, 2.05) is 50.5 Å². The van der Waals surface area contributed by atoms with Crippen LogP contribution in [-0.4, -0.2) is 53.7 Å². The predicted molar refractivity (Wildman–Crippen MR) is 167 cm³/mol. The Balaban J connectivity index is 1.33. The summed E-state index contributed by atoms with van der Waals surface area (Å²) in [5.41, 5.74) is 5.22. The maximum atomic E-state index is 14.0. The average molecular weight is 580 g/mol. The van der Waals surface area contributed by atoms with Gasteiger partial charge in [-0.25, -0.2) is 0 Å². The monoisotopic (exact) mass is 579 g/mol. The lowest BCUT2D eigenvalue weighted by molar-refractivity contribution is -0.147. The van der Waals surface area contributed by atoms with Crippen molar-refractivity contribution >= 4 is 33.6 Å². The summed E-state index contributed by atoms with van der Waals surface area (Å²) in [7, 11) is 8.76. The summed E-state index contributed by atoms with van der Waals surface area (Å²) < 4.78 is 21.1. The van der Waals surface area contributed by atoms with Crippen molar-refractivity contribution in [3.8, 4) is 17.2 Å². The van der Waals surface area contributed by atoms with E-state index in [1.54, 1.807) is 21.3 Å². The van der Waals surface area contributed by atoms with Gasteiger partial charge >= 0.3 is 0 Å². The number of imide groups is 1. The first kappa shape index (κ1) is 28.4. The van der Waals surface area contributed by atoms with Gasteiger partial charge in [0, 0.05) is 73.6 Å². The van der Waals surface area contributed by atoms with Gasteiger partial charge in [-0.15, -0.1) is 0 Å². The molecule has 43 heavy (non-hydrogen) atoms. The van der Waals surface area contributed by atoms with Crippen LogP contribution in [0.25, 0.3) is 21.8 Å². The van der Waals surface area contributed by atoms with Gasteiger partial charge in [0.15, 0.2) is 11.5 Å². The van der Waals surface area contributed by atoms with Gasteiger partial charge in [0.05, 0.1) is 21.3 Å². The third-order valence-electron chi connectivity index (χ3n) is 8.86. The molecule has 2 amide bonds. The van der Waals surface area contributed by atoms with E-state index < -0.39 is 0 Å². The summed E-state index contributed by atoms with van der Waals surface area (Å²) in [5, 5.41) is 2.22. The Morgan fingerprint density at radius 1 is 0.860 bits per heavy atom. The number of amides is 2. The lowest BCUT2D eigenvalue weighted by atomic mass is 9.86. The molecule has 2 aromatic heterocycles. The van der Waals surface area contributed by atoms with Crippen LogP contribution in [0.15, 0.2) is 73.1 Å². The lowest BCUT2D eigenvalue weighted by Gasteiger charge is -2.31. The van der Waals surface area contributed by atoms with E-state index in [0.29, 0.717) is 30.2 Å². The standard InChI is InChI=1S/C35H37N3O5/c1-36-20-27(24-10-6-8-12-29(24)36)22-14-15-38(33(39)18-22)34(40)19-26(28-21-37(2)30-13-9-7-11-25(28)30)23-16-31(41-3)35(43-5)32(17-23)42-4/h6-13,16-17,20-22,26H,14-15,18-19H2,1-5H3. The number of rotatable bonds is 8. The van der Waals surface area contributed by atoms with Crippen LogP contribution >= 0.6 is 0 Å². The molecule has 8 heteroatoms. The SMILES string of the molecule is COc1cc(C(CC(=O)N2CCC(c3cn(C)c4ccccc34)CC2=O)c2cn(C)c3ccccc23)cc(OC)c1OC. The largest absolute Gasteiger partial charge is 0.493 e. The molecule has 2 unspecified atom stereocenters. The number of hydrogen-bond acceptors (Lipinski definition) is 5. The highest BCUT2D eigenvalue weighted by Crippen LogP contribution is 2.44. The Kier molecular flexibility index (Phi) is 7.61. The van der Waals surface area contributed by atoms with Gasteiger partial charge in [0.2, 0.25) is 17.6 Å². The van der Waals surface area contributed by atoms with E-state index in [9.17, 15) is 9.59 Å². The molecule has 1 saturated heterocycles. The highest BCUT2D eigenvalue weighted by Gasteiger charge is 2.34. The van der Waals surface area contributed by atoms with Gasteiger partial charge in [-0.2, -0.15) is 0 Å². The molecule has 0 bridgehead atoms. The molecular weight excluding hydrogens is 542 g/mol. The number of aryl methyl sites for hydroxylation is 2. The predicted octanol–water partition coefficient (Wildman–Crippen LogP) is 6.15. The summed E-state index contributed by atoms with van der Waals surface area (Å²) in [6.07, 6.45) is 5.36. The van der Waals surface area contributed by atoms with Crippen LogP contribution in [0, 0.1) is 0 Å². The highest BCUT2D eigenvalue weighted by atomic mass is 16.5. The molecule has 1 aliphatic heterocycles. The van der Waals surface area contributed by atoms with E-state index in [1.165, 1.54) is 15.8 Å². The molecule has 3 heterocycles. The van der Waals surface area contributed by atoms with Gasteiger partial charge in [0.25, 0.3) is 0 Å². The molecule has 1 aliphatic rings. The minimum atomic E-state index is -0.351. The normalized spacial score (nSPS) is 16.1.